The molecule has 5 heteroatoms. The summed E-state index contributed by atoms with van der Waals surface area (Å²) in [6.07, 6.45) is 5.78. The van der Waals surface area contributed by atoms with E-state index in [-0.39, 0.29) is 11.1 Å². The Bertz CT molecular complexity index is 1240. The predicted octanol–water partition coefficient (Wildman–Crippen LogP) is 6.72. The van der Waals surface area contributed by atoms with E-state index < -0.39 is 17.8 Å². The maximum absolute atomic E-state index is 13.5. The van der Waals surface area contributed by atoms with Gasteiger partial charge in [-0.1, -0.05) is 48.6 Å². The summed E-state index contributed by atoms with van der Waals surface area (Å²) in [6.45, 7) is 0. The quantitative estimate of drug-likeness (QED) is 0.487. The summed E-state index contributed by atoms with van der Waals surface area (Å²) in [4.78, 5) is 4.75. The normalized spacial score (nSPS) is 17.6. The Balaban J connectivity index is 1.48. The van der Waals surface area contributed by atoms with Crippen molar-refractivity contribution >= 4 is 24.3 Å². The number of fused-ring (bicyclic) bond motifs is 3. The molecule has 32 heavy (non-hydrogen) atoms. The molecule has 2 aromatic carbocycles. The Morgan fingerprint density at radius 3 is 2.59 bits per heavy atom. The second-order valence-electron chi connectivity index (χ2n) is 8.31. The average molecular weight is 433 g/mol. The van der Waals surface area contributed by atoms with E-state index in [0.29, 0.717) is 11.1 Å². The highest BCUT2D eigenvalue weighted by molar-refractivity contribution is 5.79. The molecule has 3 aromatic rings. The van der Waals surface area contributed by atoms with Crippen LogP contribution in [-0.4, -0.2) is 10.1 Å². The van der Waals surface area contributed by atoms with Gasteiger partial charge in [-0.2, -0.15) is 13.2 Å². The SMILES string of the molecule is OC1c2cc(/C=C/c3ccc4c(n3)CCCC4)ccc2C=Cc2c1cccc2C(F)(F)F. The molecular formula is C27H22F3NO. The molecule has 0 fully saturated rings. The minimum absolute atomic E-state index is 0.0130. The van der Waals surface area contributed by atoms with Gasteiger partial charge < -0.3 is 5.11 Å². The van der Waals surface area contributed by atoms with Crippen LogP contribution in [0.4, 0.5) is 13.2 Å². The van der Waals surface area contributed by atoms with Crippen molar-refractivity contribution in [3.05, 3.63) is 98.9 Å². The van der Waals surface area contributed by atoms with Gasteiger partial charge in [0.1, 0.15) is 6.10 Å². The van der Waals surface area contributed by atoms with Crippen LogP contribution in [-0.2, 0) is 19.0 Å². The minimum Gasteiger partial charge on any atom is -0.384 e. The minimum atomic E-state index is -4.48. The third-order valence-electron chi connectivity index (χ3n) is 6.22. The van der Waals surface area contributed by atoms with E-state index in [0.717, 1.165) is 35.9 Å². The molecule has 2 aliphatic rings. The van der Waals surface area contributed by atoms with Crippen molar-refractivity contribution in [3.63, 3.8) is 0 Å². The number of aromatic nitrogens is 1. The summed E-state index contributed by atoms with van der Waals surface area (Å²) >= 11 is 0. The monoisotopic (exact) mass is 433 g/mol. The molecule has 1 heterocycles. The zero-order valence-corrected chi connectivity index (χ0v) is 17.4. The first-order chi connectivity index (χ1) is 15.4. The molecule has 2 aliphatic carbocycles. The van der Waals surface area contributed by atoms with Crippen molar-refractivity contribution in [1.82, 2.24) is 4.98 Å². The van der Waals surface area contributed by atoms with E-state index in [4.69, 9.17) is 4.98 Å². The maximum atomic E-state index is 13.5. The van der Waals surface area contributed by atoms with Gasteiger partial charge in [0.2, 0.25) is 0 Å². The highest BCUT2D eigenvalue weighted by Crippen LogP contribution is 2.40. The van der Waals surface area contributed by atoms with Gasteiger partial charge in [0.25, 0.3) is 0 Å². The van der Waals surface area contributed by atoms with Gasteiger partial charge in [0, 0.05) is 5.69 Å². The number of aliphatic hydroxyl groups excluding tert-OH is 1. The molecular weight excluding hydrogens is 411 g/mol. The molecule has 0 aliphatic heterocycles. The number of rotatable bonds is 2. The first kappa shape index (κ1) is 20.7. The number of pyridine rings is 1. The first-order valence-corrected chi connectivity index (χ1v) is 10.8. The van der Waals surface area contributed by atoms with Crippen molar-refractivity contribution in [2.24, 2.45) is 0 Å². The smallest absolute Gasteiger partial charge is 0.384 e. The van der Waals surface area contributed by atoms with Crippen LogP contribution >= 0.6 is 0 Å². The summed E-state index contributed by atoms with van der Waals surface area (Å²) in [5.41, 5.74) is 5.03. The zero-order valence-electron chi connectivity index (χ0n) is 17.4. The Hall–Kier alpha value is -3.18. The fourth-order valence-corrected chi connectivity index (χ4v) is 4.55. The van der Waals surface area contributed by atoms with Crippen LogP contribution in [0, 0.1) is 0 Å². The van der Waals surface area contributed by atoms with Gasteiger partial charge in [0.05, 0.1) is 11.3 Å². The van der Waals surface area contributed by atoms with Crippen LogP contribution in [0.25, 0.3) is 24.3 Å². The molecule has 1 unspecified atom stereocenters. The molecule has 0 spiro atoms. The highest BCUT2D eigenvalue weighted by Gasteiger charge is 2.35. The summed E-state index contributed by atoms with van der Waals surface area (Å²) in [5, 5.41) is 11.0. The maximum Gasteiger partial charge on any atom is 0.416 e. The van der Waals surface area contributed by atoms with E-state index in [1.54, 1.807) is 12.1 Å². The lowest BCUT2D eigenvalue weighted by Crippen LogP contribution is -2.11. The molecule has 1 N–H and O–H groups in total. The molecule has 162 valence electrons. The number of halogens is 3. The number of benzene rings is 2. The number of aryl methyl sites for hydroxylation is 2. The number of hydrogen-bond acceptors (Lipinski definition) is 2. The Morgan fingerprint density at radius 1 is 0.906 bits per heavy atom. The standard InChI is InChI=1S/C27H22F3NO/c28-27(29,30)24-6-3-5-22-21(24)15-12-18-10-8-17(16-23(18)26(22)32)9-13-20-14-11-19-4-1-2-7-25(19)31-20/h3,5-6,8-16,26,32H,1-2,4,7H2/b13-9+. The van der Waals surface area contributed by atoms with E-state index in [2.05, 4.69) is 6.07 Å². The Kier molecular flexibility index (Phi) is 5.22. The summed E-state index contributed by atoms with van der Waals surface area (Å²) < 4.78 is 40.4. The Morgan fingerprint density at radius 2 is 1.75 bits per heavy atom. The largest absolute Gasteiger partial charge is 0.416 e. The van der Waals surface area contributed by atoms with E-state index >= 15 is 0 Å². The third-order valence-corrected chi connectivity index (χ3v) is 6.22. The fourth-order valence-electron chi connectivity index (χ4n) is 4.55. The lowest BCUT2D eigenvalue weighted by molar-refractivity contribution is -0.137. The molecule has 1 aromatic heterocycles. The molecule has 0 saturated carbocycles. The van der Waals surface area contributed by atoms with Crippen molar-refractivity contribution in [1.29, 1.82) is 0 Å². The first-order valence-electron chi connectivity index (χ1n) is 10.8. The van der Waals surface area contributed by atoms with Crippen molar-refractivity contribution in [3.8, 4) is 0 Å². The lowest BCUT2D eigenvalue weighted by atomic mass is 9.93. The Labute approximate surface area is 184 Å². The van der Waals surface area contributed by atoms with Crippen LogP contribution in [0.15, 0.2) is 48.5 Å². The summed E-state index contributed by atoms with van der Waals surface area (Å²) in [5.74, 6) is 0. The second kappa shape index (κ2) is 8.06. The van der Waals surface area contributed by atoms with Gasteiger partial charge in [-0.25, -0.2) is 0 Å². The zero-order chi connectivity index (χ0) is 22.3. The molecule has 0 bridgehead atoms. The molecule has 5 rings (SSSR count). The van der Waals surface area contributed by atoms with Crippen LogP contribution in [0.5, 0.6) is 0 Å². The van der Waals surface area contributed by atoms with E-state index in [1.807, 2.05) is 36.4 Å². The molecule has 0 amide bonds. The molecule has 0 saturated heterocycles. The number of hydrogen-bond donors (Lipinski definition) is 1. The molecule has 1 atom stereocenters. The molecule has 2 nitrogen and oxygen atoms in total. The van der Waals surface area contributed by atoms with Gasteiger partial charge in [-0.3, -0.25) is 4.98 Å². The second-order valence-corrected chi connectivity index (χ2v) is 8.31. The van der Waals surface area contributed by atoms with Crippen LogP contribution in [0.2, 0.25) is 0 Å². The van der Waals surface area contributed by atoms with Crippen LogP contribution in [0.1, 0.15) is 69.3 Å². The van der Waals surface area contributed by atoms with Gasteiger partial charge in [-0.15, -0.1) is 0 Å². The van der Waals surface area contributed by atoms with Crippen LogP contribution in [0.3, 0.4) is 0 Å². The van der Waals surface area contributed by atoms with Gasteiger partial charge in [0.15, 0.2) is 0 Å². The van der Waals surface area contributed by atoms with Gasteiger partial charge >= 0.3 is 6.18 Å². The van der Waals surface area contributed by atoms with E-state index in [1.165, 1.54) is 30.5 Å². The predicted molar refractivity (Wildman–Crippen MR) is 121 cm³/mol. The van der Waals surface area contributed by atoms with Crippen molar-refractivity contribution in [2.75, 3.05) is 0 Å². The van der Waals surface area contributed by atoms with Gasteiger partial charge in [-0.05, 0) is 83.3 Å². The van der Waals surface area contributed by atoms with E-state index in [9.17, 15) is 18.3 Å². The summed E-state index contributed by atoms with van der Waals surface area (Å²) in [6, 6.07) is 13.6. The average Bonchev–Trinajstić information content (AvgIpc) is 2.93. The third kappa shape index (κ3) is 3.89. The topological polar surface area (TPSA) is 33.1 Å². The summed E-state index contributed by atoms with van der Waals surface area (Å²) in [7, 11) is 0. The number of nitrogens with zero attached hydrogens (tertiary/aromatic N) is 1. The van der Waals surface area contributed by atoms with Crippen LogP contribution < -0.4 is 0 Å². The highest BCUT2D eigenvalue weighted by atomic mass is 19.4. The van der Waals surface area contributed by atoms with Crippen molar-refractivity contribution < 1.29 is 18.3 Å². The molecule has 0 radical (unpaired) electrons. The number of aliphatic hydroxyl groups is 1. The number of alkyl halides is 3. The van der Waals surface area contributed by atoms with Crippen molar-refractivity contribution in [2.45, 2.75) is 38.0 Å². The lowest BCUT2D eigenvalue weighted by Gasteiger charge is -2.18. The fraction of sp³-hybridized carbons (Fsp3) is 0.222.